The minimum absolute atomic E-state index is 0.00412. The first kappa shape index (κ1) is 23.2. The first-order chi connectivity index (χ1) is 13.9. The Labute approximate surface area is 179 Å². The Morgan fingerprint density at radius 2 is 1.69 bits per heavy atom. The highest BCUT2D eigenvalue weighted by molar-refractivity contribution is 6.35. The molecule has 1 aromatic carbocycles. The van der Waals surface area contributed by atoms with Gasteiger partial charge < -0.3 is 23.7 Å². The molecule has 0 saturated heterocycles. The molecule has 0 bridgehead atoms. The van der Waals surface area contributed by atoms with Crippen LogP contribution in [0.15, 0.2) is 36.5 Å². The summed E-state index contributed by atoms with van der Waals surface area (Å²) in [7, 11) is 0. The van der Waals surface area contributed by atoms with Crippen molar-refractivity contribution >= 4 is 29.2 Å². The second-order valence-electron chi connectivity index (χ2n) is 5.74. The van der Waals surface area contributed by atoms with Crippen LogP contribution in [-0.2, 0) is 19.0 Å². The number of halogens is 2. The van der Waals surface area contributed by atoms with Gasteiger partial charge in [-0.25, -0.2) is 9.78 Å². The molecule has 2 aromatic rings. The molecule has 0 amide bonds. The van der Waals surface area contributed by atoms with Gasteiger partial charge in [-0.3, -0.25) is 0 Å². The Bertz CT molecular complexity index is 781. The summed E-state index contributed by atoms with van der Waals surface area (Å²) in [6, 6.07) is 8.19. The van der Waals surface area contributed by atoms with E-state index in [0.29, 0.717) is 34.8 Å². The molecule has 0 radical (unpaired) electrons. The molecule has 158 valence electrons. The van der Waals surface area contributed by atoms with Crippen molar-refractivity contribution in [2.75, 3.05) is 19.8 Å². The molecule has 1 heterocycles. The zero-order valence-corrected chi connectivity index (χ0v) is 17.9. The second kappa shape index (κ2) is 11.8. The highest BCUT2D eigenvalue weighted by Crippen LogP contribution is 2.30. The molecule has 29 heavy (non-hydrogen) atoms. The predicted molar refractivity (Wildman–Crippen MR) is 109 cm³/mol. The summed E-state index contributed by atoms with van der Waals surface area (Å²) >= 11 is 11.9. The summed E-state index contributed by atoms with van der Waals surface area (Å²) in [4.78, 5) is 16.1. The van der Waals surface area contributed by atoms with Gasteiger partial charge in [0.05, 0.1) is 5.02 Å². The Morgan fingerprint density at radius 1 is 1.07 bits per heavy atom. The number of pyridine rings is 1. The number of aromatic nitrogens is 1. The second-order valence-corrected chi connectivity index (χ2v) is 6.59. The Balaban J connectivity index is 1.87. The van der Waals surface area contributed by atoms with Crippen LogP contribution in [-0.4, -0.2) is 43.2 Å². The van der Waals surface area contributed by atoms with Gasteiger partial charge in [-0.05, 0) is 51.1 Å². The van der Waals surface area contributed by atoms with Gasteiger partial charge in [-0.15, -0.1) is 0 Å². The molecule has 0 fully saturated rings. The van der Waals surface area contributed by atoms with Crippen LogP contribution in [0.3, 0.4) is 0 Å². The van der Waals surface area contributed by atoms with Crippen molar-refractivity contribution in [2.45, 2.75) is 33.2 Å². The fourth-order valence-electron chi connectivity index (χ4n) is 2.21. The van der Waals surface area contributed by atoms with E-state index >= 15 is 0 Å². The lowest BCUT2D eigenvalue weighted by atomic mass is 10.3. The highest BCUT2D eigenvalue weighted by atomic mass is 35.5. The van der Waals surface area contributed by atoms with Crippen LogP contribution in [0, 0.1) is 0 Å². The van der Waals surface area contributed by atoms with Crippen LogP contribution in [0.25, 0.3) is 0 Å². The van der Waals surface area contributed by atoms with E-state index in [1.54, 1.807) is 31.2 Å². The number of ether oxygens (including phenoxy) is 5. The predicted octanol–water partition coefficient (Wildman–Crippen LogP) is 4.89. The average Bonchev–Trinajstić information content (AvgIpc) is 2.69. The molecule has 0 aliphatic rings. The summed E-state index contributed by atoms with van der Waals surface area (Å²) in [5.74, 6) is 0.690. The van der Waals surface area contributed by atoms with Gasteiger partial charge in [0.25, 0.3) is 0 Å². The quantitative estimate of drug-likeness (QED) is 0.361. The minimum Gasteiger partial charge on any atom is -0.479 e. The minimum atomic E-state index is -0.807. The van der Waals surface area contributed by atoms with E-state index in [-0.39, 0.29) is 12.5 Å². The largest absolute Gasteiger partial charge is 0.479 e. The normalized spacial score (nSPS) is 11.9. The molecule has 0 aliphatic heterocycles. The fraction of sp³-hybridized carbons (Fsp3) is 0.400. The molecule has 7 nitrogen and oxygen atoms in total. The third-order valence-corrected chi connectivity index (χ3v) is 4.00. The molecule has 2 rings (SSSR count). The maximum absolute atomic E-state index is 12.1. The van der Waals surface area contributed by atoms with Crippen molar-refractivity contribution in [3.05, 3.63) is 46.6 Å². The van der Waals surface area contributed by atoms with Crippen molar-refractivity contribution < 1.29 is 28.5 Å². The van der Waals surface area contributed by atoms with Crippen LogP contribution in [0.2, 0.25) is 10.0 Å². The van der Waals surface area contributed by atoms with Crippen molar-refractivity contribution in [3.8, 4) is 17.4 Å². The standard InChI is InChI=1S/C20H23Cl2NO6/c1-4-25-18(26-5-2)12-27-20(24)13(3)28-15-6-8-16(9-7-15)29-19-17(22)10-14(21)11-23-19/h6-11,13,18H,4-5,12H2,1-3H3. The third-order valence-electron chi connectivity index (χ3n) is 3.52. The lowest BCUT2D eigenvalue weighted by Gasteiger charge is -2.19. The Kier molecular flexibility index (Phi) is 9.47. The van der Waals surface area contributed by atoms with Gasteiger partial charge in [0, 0.05) is 19.4 Å². The summed E-state index contributed by atoms with van der Waals surface area (Å²) < 4.78 is 27.1. The fourth-order valence-corrected chi connectivity index (χ4v) is 2.63. The average molecular weight is 444 g/mol. The van der Waals surface area contributed by atoms with Crippen LogP contribution in [0.4, 0.5) is 0 Å². The maximum Gasteiger partial charge on any atom is 0.347 e. The van der Waals surface area contributed by atoms with Crippen molar-refractivity contribution in [2.24, 2.45) is 0 Å². The third kappa shape index (κ3) is 7.70. The van der Waals surface area contributed by atoms with Gasteiger partial charge in [0.1, 0.15) is 23.1 Å². The zero-order valence-electron chi connectivity index (χ0n) is 16.4. The van der Waals surface area contributed by atoms with Gasteiger partial charge in [0.15, 0.2) is 12.4 Å². The highest BCUT2D eigenvalue weighted by Gasteiger charge is 2.19. The van der Waals surface area contributed by atoms with Crippen LogP contribution < -0.4 is 9.47 Å². The smallest absolute Gasteiger partial charge is 0.347 e. The summed E-state index contributed by atoms with van der Waals surface area (Å²) in [6.45, 7) is 6.18. The van der Waals surface area contributed by atoms with E-state index in [2.05, 4.69) is 4.98 Å². The number of hydrogen-bond acceptors (Lipinski definition) is 7. The molecule has 0 N–H and O–H groups in total. The van der Waals surface area contributed by atoms with E-state index in [0.717, 1.165) is 0 Å². The number of carbonyl (C=O) groups is 1. The molecular weight excluding hydrogens is 421 g/mol. The van der Waals surface area contributed by atoms with Crippen LogP contribution in [0.5, 0.6) is 17.4 Å². The van der Waals surface area contributed by atoms with E-state index in [1.165, 1.54) is 12.3 Å². The maximum atomic E-state index is 12.1. The van der Waals surface area contributed by atoms with E-state index in [1.807, 2.05) is 13.8 Å². The number of hydrogen-bond donors (Lipinski definition) is 0. The van der Waals surface area contributed by atoms with E-state index in [4.69, 9.17) is 46.9 Å². The zero-order chi connectivity index (χ0) is 21.2. The molecule has 0 spiro atoms. The monoisotopic (exact) mass is 443 g/mol. The van der Waals surface area contributed by atoms with E-state index in [9.17, 15) is 4.79 Å². The molecule has 0 saturated carbocycles. The van der Waals surface area contributed by atoms with Gasteiger partial charge in [-0.2, -0.15) is 0 Å². The lowest BCUT2D eigenvalue weighted by molar-refractivity contribution is -0.183. The lowest BCUT2D eigenvalue weighted by Crippen LogP contribution is -2.31. The number of esters is 1. The van der Waals surface area contributed by atoms with Crippen molar-refractivity contribution in [3.63, 3.8) is 0 Å². The van der Waals surface area contributed by atoms with Gasteiger partial charge in [-0.1, -0.05) is 23.2 Å². The number of benzene rings is 1. The molecule has 1 atom stereocenters. The first-order valence-electron chi connectivity index (χ1n) is 9.08. The molecule has 0 aliphatic carbocycles. The molecular formula is C20H23Cl2NO6. The van der Waals surface area contributed by atoms with Gasteiger partial charge in [0.2, 0.25) is 5.88 Å². The Morgan fingerprint density at radius 3 is 2.28 bits per heavy atom. The van der Waals surface area contributed by atoms with Gasteiger partial charge >= 0.3 is 5.97 Å². The van der Waals surface area contributed by atoms with E-state index < -0.39 is 18.4 Å². The topological polar surface area (TPSA) is 76.1 Å². The number of rotatable bonds is 11. The summed E-state index contributed by atoms with van der Waals surface area (Å²) in [5, 5.41) is 0.715. The number of nitrogens with zero attached hydrogens (tertiary/aromatic N) is 1. The summed E-state index contributed by atoms with van der Waals surface area (Å²) in [6.07, 6.45) is 0.0405. The summed E-state index contributed by atoms with van der Waals surface area (Å²) in [5.41, 5.74) is 0. The SMILES string of the molecule is CCOC(COC(=O)C(C)Oc1ccc(Oc2ncc(Cl)cc2Cl)cc1)OCC. The van der Waals surface area contributed by atoms with Crippen LogP contribution in [0.1, 0.15) is 20.8 Å². The molecule has 1 unspecified atom stereocenters. The van der Waals surface area contributed by atoms with Crippen LogP contribution >= 0.6 is 23.2 Å². The molecule has 9 heteroatoms. The first-order valence-corrected chi connectivity index (χ1v) is 9.84. The Hall–Kier alpha value is -2.06. The van der Waals surface area contributed by atoms with Crippen molar-refractivity contribution in [1.82, 2.24) is 4.98 Å². The number of carbonyl (C=O) groups excluding carboxylic acids is 1. The molecule has 1 aromatic heterocycles. The van der Waals surface area contributed by atoms with Crippen molar-refractivity contribution in [1.29, 1.82) is 0 Å².